The summed E-state index contributed by atoms with van der Waals surface area (Å²) >= 11 is 5.64. The lowest BCUT2D eigenvalue weighted by molar-refractivity contribution is 0.0696. The zero-order valence-electron chi connectivity index (χ0n) is 7.54. The summed E-state index contributed by atoms with van der Waals surface area (Å²) in [5.74, 6) is -0.838. The van der Waals surface area contributed by atoms with Crippen LogP contribution in [0.1, 0.15) is 27.0 Å². The average Bonchev–Trinajstić information content (AvgIpc) is 2.17. The second-order valence-corrected chi connectivity index (χ2v) is 3.13. The number of nitrogens with zero attached hydrogens (tertiary/aromatic N) is 1. The van der Waals surface area contributed by atoms with Crippen LogP contribution in [0.5, 0.6) is 0 Å². The summed E-state index contributed by atoms with van der Waals surface area (Å²) in [5.41, 5.74) is 1.89. The lowest BCUT2D eigenvalue weighted by Gasteiger charge is -2.05. The summed E-state index contributed by atoms with van der Waals surface area (Å²) in [4.78, 5) is 10.7. The number of hydrogen-bond donors (Lipinski definition) is 1. The maximum Gasteiger partial charge on any atom is 0.335 e. The zero-order chi connectivity index (χ0) is 10.7. The van der Waals surface area contributed by atoms with E-state index in [1.165, 1.54) is 12.1 Å². The Morgan fingerprint density at radius 3 is 2.71 bits per heavy atom. The first kappa shape index (κ1) is 10.6. The second-order valence-electron chi connectivity index (χ2n) is 2.86. The van der Waals surface area contributed by atoms with E-state index in [1.807, 2.05) is 6.07 Å². The Kier molecular flexibility index (Phi) is 3.10. The molecule has 0 unspecified atom stereocenters. The molecular weight excluding hydrogens is 202 g/mol. The summed E-state index contributed by atoms with van der Waals surface area (Å²) in [7, 11) is 0. The highest BCUT2D eigenvalue weighted by atomic mass is 35.5. The van der Waals surface area contributed by atoms with Gasteiger partial charge in [-0.05, 0) is 30.2 Å². The van der Waals surface area contributed by atoms with Gasteiger partial charge in [0.05, 0.1) is 17.2 Å². The van der Waals surface area contributed by atoms with Crippen molar-refractivity contribution in [2.24, 2.45) is 0 Å². The van der Waals surface area contributed by atoms with Crippen LogP contribution in [0.15, 0.2) is 12.1 Å². The van der Waals surface area contributed by atoms with Crippen LogP contribution in [0, 0.1) is 18.3 Å². The normalized spacial score (nSPS) is 9.50. The quantitative estimate of drug-likeness (QED) is 0.761. The number of hydrogen-bond acceptors (Lipinski definition) is 2. The van der Waals surface area contributed by atoms with Crippen molar-refractivity contribution in [3.8, 4) is 6.07 Å². The number of rotatable bonds is 2. The molecule has 0 bridgehead atoms. The van der Waals surface area contributed by atoms with E-state index in [4.69, 9.17) is 22.0 Å². The highest BCUT2D eigenvalue weighted by molar-refractivity contribution is 6.17. The number of halogens is 1. The van der Waals surface area contributed by atoms with E-state index in [1.54, 1.807) is 6.92 Å². The third-order valence-electron chi connectivity index (χ3n) is 2.03. The molecule has 0 fully saturated rings. The van der Waals surface area contributed by atoms with E-state index < -0.39 is 5.97 Å². The Morgan fingerprint density at radius 1 is 1.64 bits per heavy atom. The van der Waals surface area contributed by atoms with E-state index in [2.05, 4.69) is 0 Å². The molecule has 1 aromatic rings. The van der Waals surface area contributed by atoms with Crippen molar-refractivity contribution in [1.82, 2.24) is 0 Å². The van der Waals surface area contributed by atoms with Crippen molar-refractivity contribution in [3.05, 3.63) is 34.4 Å². The van der Waals surface area contributed by atoms with Gasteiger partial charge in [0.1, 0.15) is 0 Å². The number of nitriles is 1. The fraction of sp³-hybridized carbons (Fsp3) is 0.200. The summed E-state index contributed by atoms with van der Waals surface area (Å²) in [6, 6.07) is 4.79. The Hall–Kier alpha value is -1.53. The molecule has 72 valence electrons. The Bertz CT molecular complexity index is 421. The van der Waals surface area contributed by atoms with Gasteiger partial charge in [-0.3, -0.25) is 0 Å². The molecule has 4 heteroatoms. The minimum absolute atomic E-state index is 0.0998. The predicted octanol–water partition coefficient (Wildman–Crippen LogP) is 2.30. The molecule has 0 saturated heterocycles. The van der Waals surface area contributed by atoms with Crippen molar-refractivity contribution in [3.63, 3.8) is 0 Å². The molecule has 0 aliphatic rings. The first-order valence-electron chi connectivity index (χ1n) is 3.93. The van der Waals surface area contributed by atoms with Gasteiger partial charge < -0.3 is 5.11 Å². The molecule has 1 aromatic carbocycles. The SMILES string of the molecule is Cc1c(C#N)cc(C(=O)O)cc1CCl. The van der Waals surface area contributed by atoms with E-state index in [-0.39, 0.29) is 11.4 Å². The summed E-state index contributed by atoms with van der Waals surface area (Å²) < 4.78 is 0. The third-order valence-corrected chi connectivity index (χ3v) is 2.31. The maximum atomic E-state index is 10.7. The van der Waals surface area contributed by atoms with Crippen molar-refractivity contribution < 1.29 is 9.90 Å². The van der Waals surface area contributed by atoms with Crippen LogP contribution in [0.4, 0.5) is 0 Å². The summed E-state index contributed by atoms with van der Waals surface area (Å²) in [6.45, 7) is 1.75. The van der Waals surface area contributed by atoms with Crippen LogP contribution in [-0.4, -0.2) is 11.1 Å². The molecule has 1 rings (SSSR count). The lowest BCUT2D eigenvalue weighted by atomic mass is 10.0. The van der Waals surface area contributed by atoms with Gasteiger partial charge in [0.2, 0.25) is 0 Å². The standard InChI is InChI=1S/C10H8ClNO2/c1-6-8(4-11)2-7(10(13)14)3-9(6)5-12/h2-3H,4H2,1H3,(H,13,14). The van der Waals surface area contributed by atoms with Gasteiger partial charge in [-0.15, -0.1) is 11.6 Å². The van der Waals surface area contributed by atoms with Crippen LogP contribution in [0.25, 0.3) is 0 Å². The Labute approximate surface area is 86.5 Å². The summed E-state index contributed by atoms with van der Waals surface area (Å²) in [6.07, 6.45) is 0. The Balaban J connectivity index is 3.41. The number of carboxylic acid groups (broad SMARTS) is 1. The van der Waals surface area contributed by atoms with Crippen LogP contribution in [0.2, 0.25) is 0 Å². The molecule has 0 heterocycles. The molecule has 0 aliphatic heterocycles. The number of benzene rings is 1. The molecule has 0 saturated carbocycles. The molecule has 0 radical (unpaired) electrons. The third kappa shape index (κ3) is 1.86. The fourth-order valence-corrected chi connectivity index (χ4v) is 1.43. The molecule has 1 N–H and O–H groups in total. The molecule has 3 nitrogen and oxygen atoms in total. The zero-order valence-corrected chi connectivity index (χ0v) is 8.30. The number of carboxylic acids is 1. The first-order valence-corrected chi connectivity index (χ1v) is 4.46. The van der Waals surface area contributed by atoms with E-state index >= 15 is 0 Å². The highest BCUT2D eigenvalue weighted by Crippen LogP contribution is 2.18. The van der Waals surface area contributed by atoms with Crippen LogP contribution >= 0.6 is 11.6 Å². The van der Waals surface area contributed by atoms with Crippen LogP contribution in [0.3, 0.4) is 0 Å². The van der Waals surface area contributed by atoms with E-state index in [0.717, 1.165) is 5.56 Å². The fourth-order valence-electron chi connectivity index (χ4n) is 1.15. The molecule has 0 atom stereocenters. The summed E-state index contributed by atoms with van der Waals surface area (Å²) in [5, 5.41) is 17.5. The molecule has 14 heavy (non-hydrogen) atoms. The predicted molar refractivity (Wildman–Crippen MR) is 52.4 cm³/mol. The molecule has 0 aromatic heterocycles. The van der Waals surface area contributed by atoms with Crippen molar-refractivity contribution in [2.45, 2.75) is 12.8 Å². The molecule has 0 aliphatic carbocycles. The largest absolute Gasteiger partial charge is 0.478 e. The van der Waals surface area contributed by atoms with E-state index in [9.17, 15) is 4.79 Å². The second kappa shape index (κ2) is 4.12. The molecule has 0 spiro atoms. The number of alkyl halides is 1. The lowest BCUT2D eigenvalue weighted by Crippen LogP contribution is -2.01. The molecule has 0 amide bonds. The topological polar surface area (TPSA) is 61.1 Å². The van der Waals surface area contributed by atoms with Crippen LogP contribution < -0.4 is 0 Å². The minimum atomic E-state index is -1.05. The monoisotopic (exact) mass is 209 g/mol. The van der Waals surface area contributed by atoms with Gasteiger partial charge in [-0.2, -0.15) is 5.26 Å². The van der Waals surface area contributed by atoms with Crippen molar-refractivity contribution in [1.29, 1.82) is 5.26 Å². The van der Waals surface area contributed by atoms with Crippen molar-refractivity contribution in [2.75, 3.05) is 0 Å². The van der Waals surface area contributed by atoms with Gasteiger partial charge in [-0.25, -0.2) is 4.79 Å². The van der Waals surface area contributed by atoms with Gasteiger partial charge in [0.25, 0.3) is 0 Å². The number of aromatic carboxylic acids is 1. The van der Waals surface area contributed by atoms with Crippen molar-refractivity contribution >= 4 is 17.6 Å². The van der Waals surface area contributed by atoms with Crippen LogP contribution in [-0.2, 0) is 5.88 Å². The smallest absolute Gasteiger partial charge is 0.335 e. The van der Waals surface area contributed by atoms with Gasteiger partial charge >= 0.3 is 5.97 Å². The van der Waals surface area contributed by atoms with Gasteiger partial charge in [-0.1, -0.05) is 0 Å². The maximum absolute atomic E-state index is 10.7. The molecular formula is C10H8ClNO2. The van der Waals surface area contributed by atoms with Gasteiger partial charge in [0.15, 0.2) is 0 Å². The minimum Gasteiger partial charge on any atom is -0.478 e. The van der Waals surface area contributed by atoms with Gasteiger partial charge in [0, 0.05) is 5.88 Å². The first-order chi connectivity index (χ1) is 6.60. The van der Waals surface area contributed by atoms with E-state index in [0.29, 0.717) is 11.1 Å². The number of carbonyl (C=O) groups is 1. The highest BCUT2D eigenvalue weighted by Gasteiger charge is 2.10. The Morgan fingerprint density at radius 2 is 2.29 bits per heavy atom. The average molecular weight is 210 g/mol.